The van der Waals surface area contributed by atoms with Crippen LogP contribution >= 0.6 is 0 Å². The first kappa shape index (κ1) is 11.2. The lowest BCUT2D eigenvalue weighted by atomic mass is 9.56. The first-order valence-electron chi connectivity index (χ1n) is 6.66. The molecule has 92 valence electrons. The van der Waals surface area contributed by atoms with Gasteiger partial charge in [0.2, 0.25) is 0 Å². The van der Waals surface area contributed by atoms with Gasteiger partial charge in [0, 0.05) is 12.0 Å². The molecule has 2 saturated carbocycles. The van der Waals surface area contributed by atoms with Crippen LogP contribution in [-0.2, 0) is 5.41 Å². The van der Waals surface area contributed by atoms with Gasteiger partial charge in [-0.2, -0.15) is 0 Å². The molecule has 3 rings (SSSR count). The molecule has 0 aliphatic heterocycles. The number of benzene rings is 1. The van der Waals surface area contributed by atoms with E-state index in [2.05, 4.69) is 12.2 Å². The van der Waals surface area contributed by atoms with Crippen molar-refractivity contribution in [2.45, 2.75) is 38.0 Å². The van der Waals surface area contributed by atoms with E-state index < -0.39 is 0 Å². The largest absolute Gasteiger partial charge is 0.316 e. The van der Waals surface area contributed by atoms with Crippen molar-refractivity contribution in [1.29, 1.82) is 0 Å². The van der Waals surface area contributed by atoms with Gasteiger partial charge in [-0.15, -0.1) is 0 Å². The lowest BCUT2D eigenvalue weighted by Gasteiger charge is -2.49. The van der Waals surface area contributed by atoms with Crippen LogP contribution in [0.5, 0.6) is 0 Å². The van der Waals surface area contributed by atoms with Crippen molar-refractivity contribution in [1.82, 2.24) is 5.32 Å². The minimum atomic E-state index is -0.0269. The fourth-order valence-electron chi connectivity index (χ4n) is 3.58. The molecule has 0 heterocycles. The fourth-order valence-corrected chi connectivity index (χ4v) is 3.58. The molecule has 1 aromatic rings. The SMILES string of the molecule is CCNCC1(c2ccccc2F)CC2(CC2)C1. The van der Waals surface area contributed by atoms with Crippen LogP contribution in [0.2, 0.25) is 0 Å². The van der Waals surface area contributed by atoms with Crippen molar-refractivity contribution in [3.63, 3.8) is 0 Å². The van der Waals surface area contributed by atoms with Gasteiger partial charge in [-0.1, -0.05) is 25.1 Å². The summed E-state index contributed by atoms with van der Waals surface area (Å²) in [6, 6.07) is 7.32. The van der Waals surface area contributed by atoms with Crippen LogP contribution in [-0.4, -0.2) is 13.1 Å². The molecule has 0 unspecified atom stereocenters. The van der Waals surface area contributed by atoms with Crippen molar-refractivity contribution >= 4 is 0 Å². The second-order valence-electron chi connectivity index (χ2n) is 5.89. The minimum Gasteiger partial charge on any atom is -0.316 e. The summed E-state index contributed by atoms with van der Waals surface area (Å²) in [6.07, 6.45) is 5.06. The molecule has 0 aromatic heterocycles. The minimum absolute atomic E-state index is 0.0269. The van der Waals surface area contributed by atoms with Crippen LogP contribution in [0.4, 0.5) is 4.39 Å². The molecule has 0 bridgehead atoms. The molecule has 0 radical (unpaired) electrons. The number of hydrogen-bond donors (Lipinski definition) is 1. The van der Waals surface area contributed by atoms with Crippen molar-refractivity contribution in [3.05, 3.63) is 35.6 Å². The Morgan fingerprint density at radius 3 is 2.53 bits per heavy atom. The quantitative estimate of drug-likeness (QED) is 0.841. The third kappa shape index (κ3) is 1.79. The highest BCUT2D eigenvalue weighted by molar-refractivity contribution is 5.34. The molecular weight excluding hydrogens is 213 g/mol. The average molecular weight is 233 g/mol. The third-order valence-electron chi connectivity index (χ3n) is 4.54. The van der Waals surface area contributed by atoms with Crippen LogP contribution in [0.1, 0.15) is 38.2 Å². The highest BCUT2D eigenvalue weighted by Crippen LogP contribution is 2.68. The lowest BCUT2D eigenvalue weighted by molar-refractivity contribution is 0.113. The van der Waals surface area contributed by atoms with Crippen LogP contribution in [0.3, 0.4) is 0 Å². The molecular formula is C15H20FN. The zero-order valence-electron chi connectivity index (χ0n) is 10.4. The molecule has 1 spiro atoms. The zero-order chi connectivity index (χ0) is 11.9. The monoisotopic (exact) mass is 233 g/mol. The van der Waals surface area contributed by atoms with E-state index in [0.717, 1.165) is 18.7 Å². The van der Waals surface area contributed by atoms with Crippen LogP contribution in [0, 0.1) is 11.2 Å². The predicted molar refractivity (Wildman–Crippen MR) is 67.5 cm³/mol. The molecule has 1 nitrogen and oxygen atoms in total. The Balaban J connectivity index is 1.86. The van der Waals surface area contributed by atoms with Gasteiger partial charge >= 0.3 is 0 Å². The predicted octanol–water partition coefficient (Wildman–Crippen LogP) is 3.25. The second kappa shape index (κ2) is 3.81. The van der Waals surface area contributed by atoms with Crippen LogP contribution < -0.4 is 5.32 Å². The maximum Gasteiger partial charge on any atom is 0.127 e. The molecule has 1 N–H and O–H groups in total. The summed E-state index contributed by atoms with van der Waals surface area (Å²) >= 11 is 0. The van der Waals surface area contributed by atoms with Gasteiger partial charge in [-0.05, 0) is 49.3 Å². The number of nitrogens with one attached hydrogen (secondary N) is 1. The van der Waals surface area contributed by atoms with Crippen molar-refractivity contribution in [2.75, 3.05) is 13.1 Å². The number of halogens is 1. The van der Waals surface area contributed by atoms with E-state index in [1.54, 1.807) is 12.1 Å². The molecule has 2 fully saturated rings. The number of rotatable bonds is 4. The maximum atomic E-state index is 14.0. The first-order valence-corrected chi connectivity index (χ1v) is 6.66. The van der Waals surface area contributed by atoms with E-state index in [9.17, 15) is 4.39 Å². The van der Waals surface area contributed by atoms with E-state index >= 15 is 0 Å². The Bertz CT molecular complexity index is 415. The van der Waals surface area contributed by atoms with Gasteiger partial charge in [0.25, 0.3) is 0 Å². The van der Waals surface area contributed by atoms with E-state index in [-0.39, 0.29) is 11.2 Å². The fraction of sp³-hybridized carbons (Fsp3) is 0.600. The van der Waals surface area contributed by atoms with Gasteiger partial charge in [-0.3, -0.25) is 0 Å². The molecule has 17 heavy (non-hydrogen) atoms. The van der Waals surface area contributed by atoms with Gasteiger partial charge < -0.3 is 5.32 Å². The smallest absolute Gasteiger partial charge is 0.127 e. The molecule has 2 heteroatoms. The summed E-state index contributed by atoms with van der Waals surface area (Å²) in [5.74, 6) is -0.0269. The van der Waals surface area contributed by atoms with E-state index in [4.69, 9.17) is 0 Å². The lowest BCUT2D eigenvalue weighted by Crippen LogP contribution is -2.50. The van der Waals surface area contributed by atoms with E-state index in [1.807, 2.05) is 12.1 Å². The summed E-state index contributed by atoms with van der Waals surface area (Å²) in [5.41, 5.74) is 1.59. The number of hydrogen-bond acceptors (Lipinski definition) is 1. The average Bonchev–Trinajstić information content (AvgIpc) is 3.05. The summed E-state index contributed by atoms with van der Waals surface area (Å²) in [4.78, 5) is 0. The zero-order valence-corrected chi connectivity index (χ0v) is 10.4. The Morgan fingerprint density at radius 1 is 1.24 bits per heavy atom. The van der Waals surface area contributed by atoms with Crippen LogP contribution in [0.15, 0.2) is 24.3 Å². The third-order valence-corrected chi connectivity index (χ3v) is 4.54. The molecule has 0 saturated heterocycles. The molecule has 2 aliphatic carbocycles. The van der Waals surface area contributed by atoms with Crippen molar-refractivity contribution < 1.29 is 4.39 Å². The van der Waals surface area contributed by atoms with E-state index in [0.29, 0.717) is 5.41 Å². The summed E-state index contributed by atoms with van der Waals surface area (Å²) in [5, 5.41) is 3.42. The van der Waals surface area contributed by atoms with Gasteiger partial charge in [0.05, 0.1) is 0 Å². The van der Waals surface area contributed by atoms with Crippen LogP contribution in [0.25, 0.3) is 0 Å². The molecule has 2 aliphatic rings. The van der Waals surface area contributed by atoms with Crippen molar-refractivity contribution in [3.8, 4) is 0 Å². The maximum absolute atomic E-state index is 14.0. The second-order valence-corrected chi connectivity index (χ2v) is 5.89. The van der Waals surface area contributed by atoms with E-state index in [1.165, 1.54) is 25.7 Å². The molecule has 0 atom stereocenters. The van der Waals surface area contributed by atoms with Gasteiger partial charge in [-0.25, -0.2) is 4.39 Å². The highest BCUT2D eigenvalue weighted by Gasteiger charge is 2.61. The normalized spacial score (nSPS) is 23.4. The summed E-state index contributed by atoms with van der Waals surface area (Å²) in [7, 11) is 0. The van der Waals surface area contributed by atoms with Crippen molar-refractivity contribution in [2.24, 2.45) is 5.41 Å². The first-order chi connectivity index (χ1) is 8.20. The summed E-state index contributed by atoms with van der Waals surface area (Å²) in [6.45, 7) is 4.00. The molecule has 1 aromatic carbocycles. The Labute approximate surface area is 102 Å². The standard InChI is InChI=1S/C15H20FN/c1-2-17-11-15(9-14(10-15)7-8-14)12-5-3-4-6-13(12)16/h3-6,17H,2,7-11H2,1H3. The highest BCUT2D eigenvalue weighted by atomic mass is 19.1. The Kier molecular flexibility index (Phi) is 2.51. The molecule has 0 amide bonds. The Hall–Kier alpha value is -0.890. The summed E-state index contributed by atoms with van der Waals surface area (Å²) < 4.78 is 14.0. The topological polar surface area (TPSA) is 12.0 Å². The van der Waals surface area contributed by atoms with Gasteiger partial charge in [0.15, 0.2) is 0 Å². The van der Waals surface area contributed by atoms with Gasteiger partial charge in [0.1, 0.15) is 5.82 Å². The Morgan fingerprint density at radius 2 is 1.94 bits per heavy atom. The number of likely N-dealkylation sites (N-methyl/N-ethyl adjacent to an activating group) is 1.